The quantitative estimate of drug-likeness (QED) is 0.739. The Kier molecular flexibility index (Phi) is 4.99. The monoisotopic (exact) mass is 331 g/mol. The van der Waals surface area contributed by atoms with Gasteiger partial charge in [-0.05, 0) is 43.0 Å². The fraction of sp³-hybridized carbons (Fsp3) is 0.389. The van der Waals surface area contributed by atoms with Crippen LogP contribution in [0.25, 0.3) is 6.08 Å². The lowest BCUT2D eigenvalue weighted by atomic mass is 9.88. The molecule has 0 unspecified atom stereocenters. The van der Waals surface area contributed by atoms with Crippen LogP contribution in [0.5, 0.6) is 0 Å². The van der Waals surface area contributed by atoms with Gasteiger partial charge in [0.2, 0.25) is 0 Å². The van der Waals surface area contributed by atoms with E-state index in [1.54, 1.807) is 0 Å². The third-order valence-electron chi connectivity index (χ3n) is 3.99. The molecule has 1 saturated carbocycles. The van der Waals surface area contributed by atoms with Crippen molar-refractivity contribution in [2.24, 2.45) is 0 Å². The summed E-state index contributed by atoms with van der Waals surface area (Å²) in [6.45, 7) is 0. The molecule has 0 radical (unpaired) electrons. The van der Waals surface area contributed by atoms with Gasteiger partial charge in [0, 0.05) is 46.7 Å². The van der Waals surface area contributed by atoms with Gasteiger partial charge in [0.1, 0.15) is 0 Å². The van der Waals surface area contributed by atoms with Crippen molar-refractivity contribution < 1.29 is 4.79 Å². The van der Waals surface area contributed by atoms with Crippen LogP contribution in [0.1, 0.15) is 24.8 Å². The molecule has 1 aromatic rings. The number of allylic oxidation sites excluding steroid dienone is 2. The summed E-state index contributed by atoms with van der Waals surface area (Å²) in [5, 5.41) is 0. The molecule has 0 bridgehead atoms. The van der Waals surface area contributed by atoms with Gasteiger partial charge in [0.15, 0.2) is 5.78 Å². The first kappa shape index (κ1) is 15.8. The summed E-state index contributed by atoms with van der Waals surface area (Å²) in [7, 11) is 4.07. The summed E-state index contributed by atoms with van der Waals surface area (Å²) in [6, 6.07) is 8.38. The molecule has 1 heterocycles. The van der Waals surface area contributed by atoms with Crippen LogP contribution in [0.15, 0.2) is 39.6 Å². The van der Waals surface area contributed by atoms with Gasteiger partial charge < -0.3 is 4.90 Å². The summed E-state index contributed by atoms with van der Waals surface area (Å²) >= 11 is 3.71. The molecule has 1 aliphatic carbocycles. The van der Waals surface area contributed by atoms with Crippen LogP contribution < -0.4 is 4.90 Å². The highest BCUT2D eigenvalue weighted by molar-refractivity contribution is 8.25. The Labute approximate surface area is 141 Å². The zero-order chi connectivity index (χ0) is 15.5. The number of Topliss-reactive ketones (excluding diaryl/α,β-unsaturated/α-hetero) is 1. The van der Waals surface area contributed by atoms with Gasteiger partial charge in [0.05, 0.1) is 0 Å². The Morgan fingerprint density at radius 2 is 1.73 bits per heavy atom. The van der Waals surface area contributed by atoms with Crippen LogP contribution in [0.2, 0.25) is 0 Å². The van der Waals surface area contributed by atoms with Crippen molar-refractivity contribution in [2.45, 2.75) is 19.3 Å². The smallest absolute Gasteiger partial charge is 0.186 e. The zero-order valence-corrected chi connectivity index (χ0v) is 14.7. The standard InChI is InChI=1S/C18H21NOS2/c1-19(2)15-8-6-13(7-9-15)12-14-4-3-5-16(17(14)20)18-21-10-11-22-18/h6-9,12H,3-5,10-11H2,1-2H3. The molecule has 4 heteroatoms. The van der Waals surface area contributed by atoms with Crippen molar-refractivity contribution in [2.75, 3.05) is 30.5 Å². The third-order valence-corrected chi connectivity index (χ3v) is 6.78. The van der Waals surface area contributed by atoms with Crippen molar-refractivity contribution in [3.8, 4) is 0 Å². The lowest BCUT2D eigenvalue weighted by Crippen LogP contribution is -2.13. The maximum atomic E-state index is 12.7. The maximum Gasteiger partial charge on any atom is 0.186 e. The molecule has 1 aliphatic heterocycles. The van der Waals surface area contributed by atoms with E-state index in [1.165, 1.54) is 9.92 Å². The Bertz CT molecular complexity index is 621. The Morgan fingerprint density at radius 1 is 1.05 bits per heavy atom. The summed E-state index contributed by atoms with van der Waals surface area (Å²) < 4.78 is 1.28. The van der Waals surface area contributed by atoms with Crippen molar-refractivity contribution in [1.82, 2.24) is 0 Å². The van der Waals surface area contributed by atoms with Gasteiger partial charge in [-0.15, -0.1) is 23.5 Å². The van der Waals surface area contributed by atoms with Gasteiger partial charge >= 0.3 is 0 Å². The summed E-state index contributed by atoms with van der Waals surface area (Å²) in [4.78, 5) is 14.8. The van der Waals surface area contributed by atoms with Gasteiger partial charge in [-0.2, -0.15) is 0 Å². The third kappa shape index (κ3) is 3.44. The van der Waals surface area contributed by atoms with Crippen molar-refractivity contribution >= 4 is 41.1 Å². The number of carbonyl (C=O) groups excluding carboxylic acids is 1. The Balaban J connectivity index is 1.84. The molecule has 0 amide bonds. The van der Waals surface area contributed by atoms with E-state index in [0.717, 1.165) is 47.5 Å². The molecule has 22 heavy (non-hydrogen) atoms. The highest BCUT2D eigenvalue weighted by Crippen LogP contribution is 2.42. The molecule has 1 aromatic carbocycles. The predicted octanol–water partition coefficient (Wildman–Crippen LogP) is 4.58. The Hall–Kier alpha value is -1.13. The van der Waals surface area contributed by atoms with Gasteiger partial charge in [-0.25, -0.2) is 0 Å². The number of nitrogens with zero attached hydrogens (tertiary/aromatic N) is 1. The molecular weight excluding hydrogens is 310 g/mol. The molecule has 0 atom stereocenters. The highest BCUT2D eigenvalue weighted by atomic mass is 32.2. The second-order valence-corrected chi connectivity index (χ2v) is 8.27. The van der Waals surface area contributed by atoms with Crippen LogP contribution in [0.3, 0.4) is 0 Å². The molecule has 0 aromatic heterocycles. The first-order valence-electron chi connectivity index (χ1n) is 7.66. The number of ketones is 1. The van der Waals surface area contributed by atoms with Crippen molar-refractivity contribution in [3.63, 3.8) is 0 Å². The number of carbonyl (C=O) groups is 1. The second kappa shape index (κ2) is 6.97. The SMILES string of the molecule is CN(C)c1ccc(C=C2CCCC(=C3SCCS3)C2=O)cc1. The molecule has 0 spiro atoms. The van der Waals surface area contributed by atoms with E-state index in [4.69, 9.17) is 0 Å². The average Bonchev–Trinajstić information content (AvgIpc) is 3.04. The van der Waals surface area contributed by atoms with E-state index < -0.39 is 0 Å². The average molecular weight is 332 g/mol. The zero-order valence-electron chi connectivity index (χ0n) is 13.1. The highest BCUT2D eigenvalue weighted by Gasteiger charge is 2.25. The molecule has 2 fully saturated rings. The van der Waals surface area contributed by atoms with Crippen molar-refractivity contribution in [1.29, 1.82) is 0 Å². The van der Waals surface area contributed by atoms with E-state index in [-0.39, 0.29) is 5.78 Å². The van der Waals surface area contributed by atoms with E-state index in [1.807, 2.05) is 37.6 Å². The predicted molar refractivity (Wildman–Crippen MR) is 99.5 cm³/mol. The van der Waals surface area contributed by atoms with Gasteiger partial charge in [-0.3, -0.25) is 4.79 Å². The van der Waals surface area contributed by atoms with Crippen LogP contribution >= 0.6 is 23.5 Å². The number of hydrogen-bond acceptors (Lipinski definition) is 4. The maximum absolute atomic E-state index is 12.7. The molecule has 1 saturated heterocycles. The molecule has 0 N–H and O–H groups in total. The fourth-order valence-corrected chi connectivity index (χ4v) is 5.37. The minimum atomic E-state index is 0.278. The van der Waals surface area contributed by atoms with Crippen LogP contribution in [0.4, 0.5) is 5.69 Å². The molecule has 116 valence electrons. The summed E-state index contributed by atoms with van der Waals surface area (Å²) in [5.74, 6) is 2.56. The minimum absolute atomic E-state index is 0.278. The first-order chi connectivity index (χ1) is 10.6. The molecule has 2 aliphatic rings. The number of rotatable bonds is 2. The molecular formula is C18H21NOS2. The second-order valence-electron chi connectivity index (χ2n) is 5.80. The first-order valence-corrected chi connectivity index (χ1v) is 9.63. The van der Waals surface area contributed by atoms with E-state index in [2.05, 4.69) is 35.2 Å². The van der Waals surface area contributed by atoms with Gasteiger partial charge in [0.25, 0.3) is 0 Å². The Morgan fingerprint density at radius 3 is 2.36 bits per heavy atom. The van der Waals surface area contributed by atoms with Crippen LogP contribution in [-0.4, -0.2) is 31.4 Å². The largest absolute Gasteiger partial charge is 0.378 e. The van der Waals surface area contributed by atoms with E-state index in [0.29, 0.717) is 0 Å². The lowest BCUT2D eigenvalue weighted by Gasteiger charge is -2.18. The molecule has 3 rings (SSSR count). The summed E-state index contributed by atoms with van der Waals surface area (Å²) in [6.07, 6.45) is 5.02. The van der Waals surface area contributed by atoms with Gasteiger partial charge in [-0.1, -0.05) is 12.1 Å². The van der Waals surface area contributed by atoms with E-state index in [9.17, 15) is 4.79 Å². The fourth-order valence-electron chi connectivity index (χ4n) is 2.76. The minimum Gasteiger partial charge on any atom is -0.378 e. The number of hydrogen-bond donors (Lipinski definition) is 0. The van der Waals surface area contributed by atoms with Crippen LogP contribution in [-0.2, 0) is 4.79 Å². The number of anilines is 1. The lowest BCUT2D eigenvalue weighted by molar-refractivity contribution is -0.112. The number of thioether (sulfide) groups is 2. The van der Waals surface area contributed by atoms with Crippen LogP contribution in [0, 0.1) is 0 Å². The number of benzene rings is 1. The van der Waals surface area contributed by atoms with Crippen molar-refractivity contribution in [3.05, 3.63) is 45.2 Å². The normalized spacial score (nSPS) is 20.8. The summed E-state index contributed by atoms with van der Waals surface area (Å²) in [5.41, 5.74) is 4.33. The van der Waals surface area contributed by atoms with E-state index >= 15 is 0 Å². The topological polar surface area (TPSA) is 20.3 Å². The molecule has 2 nitrogen and oxygen atoms in total.